The van der Waals surface area contributed by atoms with Crippen LogP contribution in [0.1, 0.15) is 23.7 Å². The summed E-state index contributed by atoms with van der Waals surface area (Å²) in [5.74, 6) is -0.124. The summed E-state index contributed by atoms with van der Waals surface area (Å²) in [5, 5.41) is 17.0. The predicted molar refractivity (Wildman–Crippen MR) is 80.3 cm³/mol. The molecule has 0 spiro atoms. The second-order valence-corrected chi connectivity index (χ2v) is 4.54. The molecule has 1 heterocycles. The Morgan fingerprint density at radius 1 is 1.57 bits per heavy atom. The Morgan fingerprint density at radius 3 is 2.90 bits per heavy atom. The highest BCUT2D eigenvalue weighted by Crippen LogP contribution is 2.28. The average molecular weight is 316 g/mol. The van der Waals surface area contributed by atoms with Gasteiger partial charge < -0.3 is 15.4 Å². The molecule has 1 amide bonds. The van der Waals surface area contributed by atoms with Gasteiger partial charge in [-0.2, -0.15) is 0 Å². The second kappa shape index (κ2) is 7.80. The number of nitrogens with one attached hydrogen (secondary N) is 2. The van der Waals surface area contributed by atoms with Crippen LogP contribution < -0.4 is 15.4 Å². The van der Waals surface area contributed by atoms with Crippen LogP contribution in [0.2, 0.25) is 0 Å². The number of nitro benzene ring substituents is 1. The number of nitrogens with zero attached hydrogens (tertiary/aromatic N) is 1. The molecule has 1 aliphatic heterocycles. The summed E-state index contributed by atoms with van der Waals surface area (Å²) in [6.07, 6.45) is 0.866. The van der Waals surface area contributed by atoms with Crippen LogP contribution in [0.25, 0.3) is 0 Å². The molecule has 0 radical (unpaired) electrons. The van der Waals surface area contributed by atoms with Crippen LogP contribution in [-0.4, -0.2) is 36.6 Å². The van der Waals surface area contributed by atoms with Gasteiger partial charge in [-0.15, -0.1) is 12.4 Å². The lowest BCUT2D eigenvalue weighted by atomic mass is 10.1. The zero-order valence-corrected chi connectivity index (χ0v) is 12.4. The van der Waals surface area contributed by atoms with E-state index in [0.717, 1.165) is 19.5 Å². The highest BCUT2D eigenvalue weighted by Gasteiger charge is 2.21. The fraction of sp³-hybridized carbons (Fsp3) is 0.462. The van der Waals surface area contributed by atoms with Gasteiger partial charge in [0.25, 0.3) is 5.91 Å². The maximum Gasteiger partial charge on any atom is 0.311 e. The van der Waals surface area contributed by atoms with Crippen LogP contribution in [0.3, 0.4) is 0 Å². The van der Waals surface area contributed by atoms with Gasteiger partial charge in [-0.25, -0.2) is 0 Å². The molecule has 1 aromatic rings. The van der Waals surface area contributed by atoms with Crippen molar-refractivity contribution in [2.45, 2.75) is 19.4 Å². The number of hydrogen-bond donors (Lipinski definition) is 2. The Bertz CT molecular complexity index is 518. The topological polar surface area (TPSA) is 93.5 Å². The van der Waals surface area contributed by atoms with E-state index < -0.39 is 4.92 Å². The van der Waals surface area contributed by atoms with Crippen LogP contribution >= 0.6 is 12.4 Å². The van der Waals surface area contributed by atoms with Gasteiger partial charge in [0.2, 0.25) is 0 Å². The number of benzene rings is 1. The van der Waals surface area contributed by atoms with Crippen LogP contribution in [0.15, 0.2) is 18.2 Å². The molecule has 1 atom stereocenters. The molecule has 0 bridgehead atoms. The van der Waals surface area contributed by atoms with E-state index in [0.29, 0.717) is 6.61 Å². The molecule has 1 fully saturated rings. The van der Waals surface area contributed by atoms with Crippen molar-refractivity contribution in [3.05, 3.63) is 33.9 Å². The molecular weight excluding hydrogens is 298 g/mol. The monoisotopic (exact) mass is 315 g/mol. The first-order valence-corrected chi connectivity index (χ1v) is 6.54. The summed E-state index contributed by atoms with van der Waals surface area (Å²) >= 11 is 0. The van der Waals surface area contributed by atoms with E-state index in [1.807, 2.05) is 0 Å². The van der Waals surface area contributed by atoms with Crippen LogP contribution in [0, 0.1) is 10.1 Å². The van der Waals surface area contributed by atoms with E-state index in [-0.39, 0.29) is 41.4 Å². The SMILES string of the molecule is CCOc1ccc(C(=O)NC2CCNC2)cc1[N+](=O)[O-].Cl. The average Bonchev–Trinajstić information content (AvgIpc) is 2.92. The highest BCUT2D eigenvalue weighted by atomic mass is 35.5. The molecule has 116 valence electrons. The van der Waals surface area contributed by atoms with Crippen molar-refractivity contribution >= 4 is 24.0 Å². The molecule has 1 aromatic carbocycles. The zero-order valence-electron chi connectivity index (χ0n) is 11.6. The molecule has 1 saturated heterocycles. The molecule has 1 aliphatic rings. The van der Waals surface area contributed by atoms with E-state index in [4.69, 9.17) is 4.74 Å². The first kappa shape index (κ1) is 17.2. The minimum Gasteiger partial charge on any atom is -0.487 e. The molecule has 2 N–H and O–H groups in total. The van der Waals surface area contributed by atoms with Crippen molar-refractivity contribution in [1.82, 2.24) is 10.6 Å². The summed E-state index contributed by atoms with van der Waals surface area (Å²) in [6, 6.07) is 4.33. The largest absolute Gasteiger partial charge is 0.487 e. The Balaban J connectivity index is 0.00000220. The Hall–Kier alpha value is -1.86. The Kier molecular flexibility index (Phi) is 6.39. The number of carbonyl (C=O) groups is 1. The van der Waals surface area contributed by atoms with Crippen LogP contribution in [0.5, 0.6) is 5.75 Å². The predicted octanol–water partition coefficient (Wildman–Crippen LogP) is 1.51. The lowest BCUT2D eigenvalue weighted by Crippen LogP contribution is -2.36. The quantitative estimate of drug-likeness (QED) is 0.634. The van der Waals surface area contributed by atoms with Gasteiger partial charge in [-0.3, -0.25) is 14.9 Å². The zero-order chi connectivity index (χ0) is 14.5. The number of halogens is 1. The second-order valence-electron chi connectivity index (χ2n) is 4.54. The van der Waals surface area contributed by atoms with Crippen molar-refractivity contribution in [3.63, 3.8) is 0 Å². The number of nitro groups is 1. The van der Waals surface area contributed by atoms with E-state index in [9.17, 15) is 14.9 Å². The van der Waals surface area contributed by atoms with E-state index >= 15 is 0 Å². The normalized spacial score (nSPS) is 16.9. The maximum absolute atomic E-state index is 12.0. The molecule has 0 saturated carbocycles. The first-order chi connectivity index (χ1) is 9.61. The molecule has 1 unspecified atom stereocenters. The number of amides is 1. The van der Waals surface area contributed by atoms with E-state index in [1.165, 1.54) is 18.2 Å². The van der Waals surface area contributed by atoms with Gasteiger partial charge in [0.1, 0.15) is 0 Å². The van der Waals surface area contributed by atoms with E-state index in [1.54, 1.807) is 6.92 Å². The first-order valence-electron chi connectivity index (χ1n) is 6.54. The summed E-state index contributed by atoms with van der Waals surface area (Å²) in [6.45, 7) is 3.68. The minimum absolute atomic E-state index is 0. The molecule has 7 nitrogen and oxygen atoms in total. The van der Waals surface area contributed by atoms with Crippen molar-refractivity contribution in [1.29, 1.82) is 0 Å². The molecule has 2 rings (SSSR count). The Labute approximate surface area is 128 Å². The Morgan fingerprint density at radius 2 is 2.33 bits per heavy atom. The lowest BCUT2D eigenvalue weighted by molar-refractivity contribution is -0.385. The summed E-state index contributed by atoms with van der Waals surface area (Å²) in [4.78, 5) is 22.5. The summed E-state index contributed by atoms with van der Waals surface area (Å²) in [7, 11) is 0. The molecule has 0 aromatic heterocycles. The maximum atomic E-state index is 12.0. The van der Waals surface area contributed by atoms with Crippen molar-refractivity contribution < 1.29 is 14.5 Å². The third-order valence-electron chi connectivity index (χ3n) is 3.11. The standard InChI is InChI=1S/C13H17N3O4.ClH/c1-2-20-12-4-3-9(7-11(12)16(18)19)13(17)15-10-5-6-14-8-10;/h3-4,7,10,14H,2,5-6,8H2,1H3,(H,15,17);1H. The van der Waals surface area contributed by atoms with Crippen LogP contribution in [-0.2, 0) is 0 Å². The van der Waals surface area contributed by atoms with Gasteiger partial charge in [-0.1, -0.05) is 0 Å². The van der Waals surface area contributed by atoms with E-state index in [2.05, 4.69) is 10.6 Å². The van der Waals surface area contributed by atoms with Gasteiger partial charge in [0, 0.05) is 24.2 Å². The summed E-state index contributed by atoms with van der Waals surface area (Å²) in [5.41, 5.74) is 0.0797. The van der Waals surface area contributed by atoms with Crippen molar-refractivity contribution in [2.75, 3.05) is 19.7 Å². The number of rotatable bonds is 5. The van der Waals surface area contributed by atoms with Crippen LogP contribution in [0.4, 0.5) is 5.69 Å². The highest BCUT2D eigenvalue weighted by molar-refractivity contribution is 5.95. The third-order valence-corrected chi connectivity index (χ3v) is 3.11. The van der Waals surface area contributed by atoms with Gasteiger partial charge >= 0.3 is 5.69 Å². The lowest BCUT2D eigenvalue weighted by Gasteiger charge is -2.11. The molecule has 8 heteroatoms. The van der Waals surface area contributed by atoms with Gasteiger partial charge in [0.05, 0.1) is 11.5 Å². The fourth-order valence-electron chi connectivity index (χ4n) is 2.13. The third kappa shape index (κ3) is 4.30. The van der Waals surface area contributed by atoms with Gasteiger partial charge in [0.15, 0.2) is 5.75 Å². The number of carbonyl (C=O) groups excluding carboxylic acids is 1. The molecule has 0 aliphatic carbocycles. The molecular formula is C13H18ClN3O4. The smallest absolute Gasteiger partial charge is 0.311 e. The van der Waals surface area contributed by atoms with Crippen molar-refractivity contribution in [3.8, 4) is 5.75 Å². The number of hydrogen-bond acceptors (Lipinski definition) is 5. The minimum atomic E-state index is -0.543. The number of ether oxygens (including phenoxy) is 1. The van der Waals surface area contributed by atoms with Crippen molar-refractivity contribution in [2.24, 2.45) is 0 Å². The fourth-order valence-corrected chi connectivity index (χ4v) is 2.13. The van der Waals surface area contributed by atoms with Gasteiger partial charge in [-0.05, 0) is 32.0 Å². The molecule has 21 heavy (non-hydrogen) atoms. The summed E-state index contributed by atoms with van der Waals surface area (Å²) < 4.78 is 5.18.